The highest BCUT2D eigenvalue weighted by molar-refractivity contribution is 6.33. The van der Waals surface area contributed by atoms with Gasteiger partial charge in [0.2, 0.25) is 0 Å². The molecule has 7 nitrogen and oxygen atoms in total. The molecule has 1 atom stereocenters. The van der Waals surface area contributed by atoms with Gasteiger partial charge in [-0.3, -0.25) is 9.59 Å². The molecular weight excluding hydrogens is 470 g/mol. The summed E-state index contributed by atoms with van der Waals surface area (Å²) in [5.74, 6) is -0.786. The Morgan fingerprint density at radius 2 is 1.49 bits per heavy atom. The maximum atomic E-state index is 13.3. The third kappa shape index (κ3) is 6.39. The van der Waals surface area contributed by atoms with E-state index in [1.165, 1.54) is 19.1 Å². The minimum atomic E-state index is -1.13. The van der Waals surface area contributed by atoms with Gasteiger partial charge in [-0.2, -0.15) is 0 Å². The number of amides is 1. The van der Waals surface area contributed by atoms with Gasteiger partial charge in [0.15, 0.2) is 23.4 Å². The predicted molar refractivity (Wildman–Crippen MR) is 134 cm³/mol. The Balaban J connectivity index is 1.80. The lowest BCUT2D eigenvalue weighted by molar-refractivity contribution is -0.123. The maximum absolute atomic E-state index is 13.3. The molecule has 3 aromatic rings. The van der Waals surface area contributed by atoms with Crippen molar-refractivity contribution in [2.45, 2.75) is 26.9 Å². The molecule has 0 fully saturated rings. The number of halogens is 1. The molecule has 3 rings (SSSR count). The van der Waals surface area contributed by atoms with Crippen molar-refractivity contribution in [3.63, 3.8) is 0 Å². The summed E-state index contributed by atoms with van der Waals surface area (Å²) in [6, 6.07) is 17.8. The van der Waals surface area contributed by atoms with Crippen molar-refractivity contribution in [2.24, 2.45) is 0 Å². The Morgan fingerprint density at radius 3 is 2.17 bits per heavy atom. The molecule has 0 heterocycles. The standard InChI is InChI=1S/C27H26ClNO6/c1-4-33-23-15-14-18(16-24(23)34-5-2)25(30)19-10-6-7-11-20(19)27(32)35-17(3)26(31)29-22-13-9-8-12-21(22)28/h6-17H,4-5H2,1-3H3,(H,29,31). The Kier molecular flexibility index (Phi) is 8.86. The minimum Gasteiger partial charge on any atom is -0.490 e. The number of benzene rings is 3. The number of hydrogen-bond donors (Lipinski definition) is 1. The molecule has 1 N–H and O–H groups in total. The fourth-order valence-electron chi connectivity index (χ4n) is 3.28. The molecule has 8 heteroatoms. The number of anilines is 1. The lowest BCUT2D eigenvalue weighted by Crippen LogP contribution is -2.30. The molecule has 0 aliphatic carbocycles. The maximum Gasteiger partial charge on any atom is 0.339 e. The molecule has 0 bridgehead atoms. The molecule has 1 amide bonds. The molecule has 0 saturated heterocycles. The van der Waals surface area contributed by atoms with E-state index in [1.807, 2.05) is 13.8 Å². The van der Waals surface area contributed by atoms with Crippen molar-refractivity contribution in [3.05, 3.63) is 88.4 Å². The van der Waals surface area contributed by atoms with Crippen LogP contribution in [-0.2, 0) is 9.53 Å². The fraction of sp³-hybridized carbons (Fsp3) is 0.222. The summed E-state index contributed by atoms with van der Waals surface area (Å²) in [6.07, 6.45) is -1.13. The summed E-state index contributed by atoms with van der Waals surface area (Å²) in [5.41, 5.74) is 0.907. The van der Waals surface area contributed by atoms with Crippen LogP contribution in [0.3, 0.4) is 0 Å². The quantitative estimate of drug-likeness (QED) is 0.293. The number of carbonyl (C=O) groups is 3. The molecule has 0 spiro atoms. The number of esters is 1. The number of nitrogens with one attached hydrogen (secondary N) is 1. The van der Waals surface area contributed by atoms with E-state index in [0.29, 0.717) is 41.0 Å². The van der Waals surface area contributed by atoms with E-state index in [1.54, 1.807) is 54.6 Å². The van der Waals surface area contributed by atoms with Gasteiger partial charge in [-0.05, 0) is 57.2 Å². The first-order valence-corrected chi connectivity index (χ1v) is 11.5. The SMILES string of the molecule is CCOc1ccc(C(=O)c2ccccc2C(=O)OC(C)C(=O)Nc2ccccc2Cl)cc1OCC. The number of para-hydroxylation sites is 1. The summed E-state index contributed by atoms with van der Waals surface area (Å²) in [7, 11) is 0. The van der Waals surface area contributed by atoms with E-state index in [9.17, 15) is 14.4 Å². The summed E-state index contributed by atoms with van der Waals surface area (Å²) in [5, 5.41) is 2.98. The van der Waals surface area contributed by atoms with Crippen molar-refractivity contribution in [1.29, 1.82) is 0 Å². The Hall–Kier alpha value is -3.84. The van der Waals surface area contributed by atoms with Crippen molar-refractivity contribution < 1.29 is 28.6 Å². The van der Waals surface area contributed by atoms with Crippen LogP contribution in [0.15, 0.2) is 66.7 Å². The second-order valence-electron chi connectivity index (χ2n) is 7.42. The lowest BCUT2D eigenvalue weighted by atomic mass is 9.98. The third-order valence-electron chi connectivity index (χ3n) is 4.98. The highest BCUT2D eigenvalue weighted by Crippen LogP contribution is 2.30. The molecule has 1 unspecified atom stereocenters. The van der Waals surface area contributed by atoms with Crippen LogP contribution in [0.25, 0.3) is 0 Å². The first-order valence-electron chi connectivity index (χ1n) is 11.1. The number of carbonyl (C=O) groups excluding carboxylic acids is 3. The topological polar surface area (TPSA) is 90.9 Å². The summed E-state index contributed by atoms with van der Waals surface area (Å²) >= 11 is 6.07. The first kappa shape index (κ1) is 25.8. The molecule has 0 aromatic heterocycles. The fourth-order valence-corrected chi connectivity index (χ4v) is 3.46. The molecule has 0 aliphatic rings. The molecule has 0 radical (unpaired) electrons. The van der Waals surface area contributed by atoms with Crippen molar-refractivity contribution in [3.8, 4) is 11.5 Å². The normalized spacial score (nSPS) is 11.3. The lowest BCUT2D eigenvalue weighted by Gasteiger charge is -2.16. The second kappa shape index (κ2) is 12.0. The summed E-state index contributed by atoms with van der Waals surface area (Å²) in [4.78, 5) is 38.7. The van der Waals surface area contributed by atoms with Crippen LogP contribution in [0, 0.1) is 0 Å². The van der Waals surface area contributed by atoms with Crippen LogP contribution in [0.5, 0.6) is 11.5 Å². The zero-order valence-corrected chi connectivity index (χ0v) is 20.4. The molecule has 0 saturated carbocycles. The van der Waals surface area contributed by atoms with Gasteiger partial charge in [-0.1, -0.05) is 41.9 Å². The van der Waals surface area contributed by atoms with Crippen LogP contribution in [0.4, 0.5) is 5.69 Å². The van der Waals surface area contributed by atoms with Gasteiger partial charge in [0.05, 0.1) is 29.5 Å². The first-order chi connectivity index (χ1) is 16.8. The van der Waals surface area contributed by atoms with Crippen LogP contribution in [-0.4, -0.2) is 37.0 Å². The number of hydrogen-bond acceptors (Lipinski definition) is 6. The minimum absolute atomic E-state index is 0.0433. The molecule has 35 heavy (non-hydrogen) atoms. The van der Waals surface area contributed by atoms with Crippen LogP contribution >= 0.6 is 11.6 Å². The average Bonchev–Trinajstić information content (AvgIpc) is 2.86. The van der Waals surface area contributed by atoms with Gasteiger partial charge in [-0.15, -0.1) is 0 Å². The van der Waals surface area contributed by atoms with E-state index >= 15 is 0 Å². The number of ketones is 1. The Morgan fingerprint density at radius 1 is 0.857 bits per heavy atom. The van der Waals surface area contributed by atoms with Gasteiger partial charge in [0.1, 0.15) is 0 Å². The van der Waals surface area contributed by atoms with Gasteiger partial charge in [0.25, 0.3) is 5.91 Å². The van der Waals surface area contributed by atoms with Crippen LogP contribution in [0.1, 0.15) is 47.1 Å². The molecular formula is C27H26ClNO6. The monoisotopic (exact) mass is 495 g/mol. The third-order valence-corrected chi connectivity index (χ3v) is 5.31. The smallest absolute Gasteiger partial charge is 0.339 e. The largest absolute Gasteiger partial charge is 0.490 e. The second-order valence-corrected chi connectivity index (χ2v) is 7.83. The van der Waals surface area contributed by atoms with Gasteiger partial charge >= 0.3 is 5.97 Å². The molecule has 0 aliphatic heterocycles. The molecule has 3 aromatic carbocycles. The Bertz CT molecular complexity index is 1230. The summed E-state index contributed by atoms with van der Waals surface area (Å²) in [6.45, 7) is 5.97. The summed E-state index contributed by atoms with van der Waals surface area (Å²) < 4.78 is 16.5. The highest BCUT2D eigenvalue weighted by atomic mass is 35.5. The van der Waals surface area contributed by atoms with Crippen LogP contribution in [0.2, 0.25) is 5.02 Å². The predicted octanol–water partition coefficient (Wildman–Crippen LogP) is 5.55. The zero-order chi connectivity index (χ0) is 25.4. The van der Waals surface area contributed by atoms with E-state index in [0.717, 1.165) is 0 Å². The Labute approximate surface area is 209 Å². The van der Waals surface area contributed by atoms with Gasteiger partial charge < -0.3 is 19.5 Å². The van der Waals surface area contributed by atoms with Crippen molar-refractivity contribution in [1.82, 2.24) is 0 Å². The van der Waals surface area contributed by atoms with Crippen molar-refractivity contribution >= 4 is 34.9 Å². The number of ether oxygens (including phenoxy) is 3. The van der Waals surface area contributed by atoms with Gasteiger partial charge in [-0.25, -0.2) is 4.79 Å². The van der Waals surface area contributed by atoms with E-state index in [2.05, 4.69) is 5.32 Å². The number of rotatable bonds is 10. The van der Waals surface area contributed by atoms with Gasteiger partial charge in [0, 0.05) is 11.1 Å². The molecule has 182 valence electrons. The van der Waals surface area contributed by atoms with E-state index in [4.69, 9.17) is 25.8 Å². The highest BCUT2D eigenvalue weighted by Gasteiger charge is 2.24. The van der Waals surface area contributed by atoms with Crippen molar-refractivity contribution in [2.75, 3.05) is 18.5 Å². The average molecular weight is 496 g/mol. The zero-order valence-electron chi connectivity index (χ0n) is 19.7. The van der Waals surface area contributed by atoms with E-state index in [-0.39, 0.29) is 11.1 Å². The van der Waals surface area contributed by atoms with Crippen LogP contribution < -0.4 is 14.8 Å². The van der Waals surface area contributed by atoms with E-state index < -0.39 is 23.8 Å².